The number of halogens is 4. The van der Waals surface area contributed by atoms with E-state index >= 15 is 0 Å². The monoisotopic (exact) mass is 256 g/mol. The Kier molecular flexibility index (Phi) is 3.15. The smallest absolute Gasteiger partial charge is 0.424 e. The summed E-state index contributed by atoms with van der Waals surface area (Å²) in [6, 6.07) is 0. The first kappa shape index (κ1) is 13.2. The number of ether oxygens (including phenoxy) is 1. The Morgan fingerprint density at radius 2 is 1.75 bits per heavy atom. The van der Waals surface area contributed by atoms with Crippen LogP contribution < -0.4 is 4.74 Å². The zero-order valence-corrected chi connectivity index (χ0v) is 10.1. The van der Waals surface area contributed by atoms with Crippen molar-refractivity contribution in [3.05, 3.63) is 10.7 Å². The van der Waals surface area contributed by atoms with Crippen molar-refractivity contribution in [3.8, 4) is 5.88 Å². The van der Waals surface area contributed by atoms with Gasteiger partial charge in [0.1, 0.15) is 5.15 Å². The molecule has 0 amide bonds. The topological polar surface area (TPSA) is 27.1 Å². The lowest BCUT2D eigenvalue weighted by atomic mass is 10.1. The van der Waals surface area contributed by atoms with Gasteiger partial charge in [-0.3, -0.25) is 0 Å². The van der Waals surface area contributed by atoms with E-state index in [1.54, 1.807) is 20.8 Å². The van der Waals surface area contributed by atoms with Crippen LogP contribution in [0.25, 0.3) is 0 Å². The van der Waals surface area contributed by atoms with E-state index in [4.69, 9.17) is 11.6 Å². The third-order valence-corrected chi connectivity index (χ3v) is 2.26. The Hall–Kier alpha value is -0.910. The molecular weight excluding hydrogens is 245 g/mol. The van der Waals surface area contributed by atoms with Crippen molar-refractivity contribution in [3.63, 3.8) is 0 Å². The van der Waals surface area contributed by atoms with Crippen LogP contribution in [0.2, 0.25) is 5.15 Å². The van der Waals surface area contributed by atoms with Gasteiger partial charge in [0, 0.05) is 0 Å². The van der Waals surface area contributed by atoms with Crippen LogP contribution in [0.1, 0.15) is 26.3 Å². The van der Waals surface area contributed by atoms with Gasteiger partial charge in [0.05, 0.1) is 12.6 Å². The van der Waals surface area contributed by atoms with Crippen molar-refractivity contribution in [1.29, 1.82) is 0 Å². The molecule has 1 aromatic heterocycles. The predicted octanol–water partition coefficient (Wildman–Crippen LogP) is 3.32. The first-order valence-corrected chi connectivity index (χ1v) is 4.87. The highest BCUT2D eigenvalue weighted by atomic mass is 35.5. The lowest BCUT2D eigenvalue weighted by Crippen LogP contribution is -2.23. The minimum atomic E-state index is -4.58. The Morgan fingerprint density at radius 3 is 2.00 bits per heavy atom. The molecule has 0 fully saturated rings. The fourth-order valence-electron chi connectivity index (χ4n) is 1.20. The second kappa shape index (κ2) is 3.84. The van der Waals surface area contributed by atoms with Crippen molar-refractivity contribution in [1.82, 2.24) is 9.78 Å². The van der Waals surface area contributed by atoms with Gasteiger partial charge in [0.2, 0.25) is 5.88 Å². The van der Waals surface area contributed by atoms with Crippen molar-refractivity contribution in [2.75, 3.05) is 7.11 Å². The molecular formula is C9H12ClF3N2O. The third-order valence-electron chi connectivity index (χ3n) is 1.91. The number of aromatic nitrogens is 2. The molecule has 3 nitrogen and oxygen atoms in total. The van der Waals surface area contributed by atoms with Crippen molar-refractivity contribution in [2.24, 2.45) is 0 Å². The van der Waals surface area contributed by atoms with Gasteiger partial charge in [-0.25, -0.2) is 4.68 Å². The average Bonchev–Trinajstić information content (AvgIpc) is 2.40. The predicted molar refractivity (Wildman–Crippen MR) is 53.8 cm³/mol. The second-order valence-electron chi connectivity index (χ2n) is 4.26. The number of hydrogen-bond donors (Lipinski definition) is 0. The first-order valence-electron chi connectivity index (χ1n) is 4.49. The summed E-state index contributed by atoms with van der Waals surface area (Å²) in [6.45, 7) is 5.10. The van der Waals surface area contributed by atoms with Gasteiger partial charge in [-0.1, -0.05) is 11.6 Å². The van der Waals surface area contributed by atoms with Gasteiger partial charge in [-0.05, 0) is 20.8 Å². The number of rotatable bonds is 1. The van der Waals surface area contributed by atoms with Crippen LogP contribution in [0, 0.1) is 0 Å². The van der Waals surface area contributed by atoms with Crippen LogP contribution in [0.3, 0.4) is 0 Å². The molecule has 1 heterocycles. The van der Waals surface area contributed by atoms with Crippen molar-refractivity contribution < 1.29 is 17.9 Å². The summed E-state index contributed by atoms with van der Waals surface area (Å²) in [6.07, 6.45) is -4.58. The standard InChI is InChI=1S/C9H12ClF3N2O/c1-8(2,3)15-6(10)5(9(11,12)13)7(14-15)16-4/h1-4H3. The Balaban J connectivity index is 3.45. The van der Waals surface area contributed by atoms with E-state index in [-0.39, 0.29) is 0 Å². The normalized spacial score (nSPS) is 13.0. The van der Waals surface area contributed by atoms with Gasteiger partial charge in [-0.2, -0.15) is 13.2 Å². The molecule has 0 aliphatic carbocycles. The van der Waals surface area contributed by atoms with Crippen LogP contribution in [-0.2, 0) is 11.7 Å². The maximum Gasteiger partial charge on any atom is 0.424 e. The van der Waals surface area contributed by atoms with E-state index in [2.05, 4.69) is 9.84 Å². The molecule has 92 valence electrons. The minimum Gasteiger partial charge on any atom is -0.479 e. The average molecular weight is 257 g/mol. The van der Waals surface area contributed by atoms with Crippen LogP contribution in [0.15, 0.2) is 0 Å². The maximum atomic E-state index is 12.7. The van der Waals surface area contributed by atoms with Crippen LogP contribution in [-0.4, -0.2) is 16.9 Å². The van der Waals surface area contributed by atoms with Gasteiger partial charge in [-0.15, -0.1) is 5.10 Å². The van der Waals surface area contributed by atoms with Crippen molar-refractivity contribution in [2.45, 2.75) is 32.5 Å². The quantitative estimate of drug-likeness (QED) is 0.771. The van der Waals surface area contributed by atoms with Crippen LogP contribution >= 0.6 is 11.6 Å². The van der Waals surface area contributed by atoms with Crippen LogP contribution in [0.4, 0.5) is 13.2 Å². The summed E-state index contributed by atoms with van der Waals surface area (Å²) in [7, 11) is 1.13. The summed E-state index contributed by atoms with van der Waals surface area (Å²) >= 11 is 5.68. The molecule has 0 unspecified atom stereocenters. The van der Waals surface area contributed by atoms with Gasteiger partial charge < -0.3 is 4.74 Å². The summed E-state index contributed by atoms with van der Waals surface area (Å²) in [4.78, 5) is 0. The zero-order valence-electron chi connectivity index (χ0n) is 9.31. The number of hydrogen-bond acceptors (Lipinski definition) is 2. The van der Waals surface area contributed by atoms with E-state index in [1.165, 1.54) is 0 Å². The van der Waals surface area contributed by atoms with E-state index in [1.807, 2.05) is 0 Å². The van der Waals surface area contributed by atoms with E-state index in [0.717, 1.165) is 11.8 Å². The molecule has 0 aliphatic heterocycles. The molecule has 7 heteroatoms. The fraction of sp³-hybridized carbons (Fsp3) is 0.667. The van der Waals surface area contributed by atoms with Crippen LogP contribution in [0.5, 0.6) is 5.88 Å². The first-order chi connectivity index (χ1) is 7.09. The SMILES string of the molecule is COc1nn(C(C)(C)C)c(Cl)c1C(F)(F)F. The highest BCUT2D eigenvalue weighted by Gasteiger charge is 2.42. The van der Waals surface area contributed by atoms with E-state index in [9.17, 15) is 13.2 Å². The van der Waals surface area contributed by atoms with Crippen molar-refractivity contribution >= 4 is 11.6 Å². The number of alkyl halides is 3. The molecule has 0 spiro atoms. The zero-order chi connectivity index (χ0) is 12.7. The summed E-state index contributed by atoms with van der Waals surface area (Å²) in [5.74, 6) is -0.507. The molecule has 0 aliphatic rings. The summed E-state index contributed by atoms with van der Waals surface area (Å²) < 4.78 is 43.7. The molecule has 0 saturated carbocycles. The molecule has 16 heavy (non-hydrogen) atoms. The summed E-state index contributed by atoms with van der Waals surface area (Å²) in [5, 5.41) is 3.25. The second-order valence-corrected chi connectivity index (χ2v) is 4.61. The van der Waals surface area contributed by atoms with E-state index < -0.39 is 28.3 Å². The molecule has 1 rings (SSSR count). The number of methoxy groups -OCH3 is 1. The number of nitrogens with zero attached hydrogens (tertiary/aromatic N) is 2. The van der Waals surface area contributed by atoms with Gasteiger partial charge >= 0.3 is 6.18 Å². The largest absolute Gasteiger partial charge is 0.479 e. The highest BCUT2D eigenvalue weighted by Crippen LogP contribution is 2.42. The lowest BCUT2D eigenvalue weighted by molar-refractivity contribution is -0.138. The third kappa shape index (κ3) is 2.26. The molecule has 0 atom stereocenters. The molecule has 0 radical (unpaired) electrons. The molecule has 1 aromatic rings. The van der Waals surface area contributed by atoms with Gasteiger partial charge in [0.25, 0.3) is 0 Å². The molecule has 0 bridgehead atoms. The fourth-order valence-corrected chi connectivity index (χ4v) is 1.68. The molecule has 0 aromatic carbocycles. The van der Waals surface area contributed by atoms with E-state index in [0.29, 0.717) is 0 Å². The Labute approximate surface area is 96.1 Å². The molecule has 0 saturated heterocycles. The maximum absolute atomic E-state index is 12.7. The van der Waals surface area contributed by atoms with Gasteiger partial charge in [0.15, 0.2) is 5.56 Å². The minimum absolute atomic E-state index is 0.461. The molecule has 0 N–H and O–H groups in total. The lowest BCUT2D eigenvalue weighted by Gasteiger charge is -2.20. The Bertz CT molecular complexity index is 393. The highest BCUT2D eigenvalue weighted by molar-refractivity contribution is 6.30. The summed E-state index contributed by atoms with van der Waals surface area (Å²) in [5.41, 5.74) is -1.68. The Morgan fingerprint density at radius 1 is 1.25 bits per heavy atom.